The van der Waals surface area contributed by atoms with Gasteiger partial charge in [-0.3, -0.25) is 4.31 Å². The van der Waals surface area contributed by atoms with E-state index in [0.29, 0.717) is 13.0 Å². The number of nitrogens with two attached hydrogens (primary N) is 1. The Morgan fingerprint density at radius 1 is 1.41 bits per heavy atom. The number of hydrogen-bond donors (Lipinski definition) is 1. The monoisotopic (exact) mass is 254 g/mol. The van der Waals surface area contributed by atoms with Crippen molar-refractivity contribution in [2.45, 2.75) is 25.8 Å². The van der Waals surface area contributed by atoms with Crippen LogP contribution in [0.15, 0.2) is 24.3 Å². The highest BCUT2D eigenvalue weighted by Crippen LogP contribution is 2.34. The second kappa shape index (κ2) is 4.66. The van der Waals surface area contributed by atoms with Crippen molar-refractivity contribution < 1.29 is 8.42 Å². The van der Waals surface area contributed by atoms with Crippen LogP contribution in [0.25, 0.3) is 0 Å². The first-order chi connectivity index (χ1) is 8.06. The molecule has 1 aliphatic heterocycles. The zero-order valence-electron chi connectivity index (χ0n) is 9.96. The van der Waals surface area contributed by atoms with Crippen molar-refractivity contribution in [1.29, 1.82) is 0 Å². The minimum atomic E-state index is -3.23. The van der Waals surface area contributed by atoms with Gasteiger partial charge in [0, 0.05) is 6.04 Å². The lowest BCUT2D eigenvalue weighted by molar-refractivity contribution is 0.582. The Balaban J connectivity index is 2.33. The summed E-state index contributed by atoms with van der Waals surface area (Å²) in [6.07, 6.45) is 1.30. The summed E-state index contributed by atoms with van der Waals surface area (Å²) >= 11 is 0. The Morgan fingerprint density at radius 3 is 2.82 bits per heavy atom. The average molecular weight is 254 g/mol. The van der Waals surface area contributed by atoms with Gasteiger partial charge >= 0.3 is 0 Å². The van der Waals surface area contributed by atoms with Crippen molar-refractivity contribution in [1.82, 2.24) is 0 Å². The number of para-hydroxylation sites is 1. The average Bonchev–Trinajstić information content (AvgIpc) is 2.63. The van der Waals surface area contributed by atoms with Crippen LogP contribution >= 0.6 is 0 Å². The maximum absolute atomic E-state index is 12.2. The van der Waals surface area contributed by atoms with Gasteiger partial charge in [-0.1, -0.05) is 18.2 Å². The van der Waals surface area contributed by atoms with E-state index < -0.39 is 10.0 Å². The third kappa shape index (κ3) is 2.30. The Hall–Kier alpha value is -1.07. The smallest absolute Gasteiger partial charge is 0.235 e. The summed E-state index contributed by atoms with van der Waals surface area (Å²) in [6.45, 7) is 2.35. The van der Waals surface area contributed by atoms with E-state index in [9.17, 15) is 8.42 Å². The summed E-state index contributed by atoms with van der Waals surface area (Å²) in [6, 6.07) is 7.70. The standard InChI is InChI=1S/C12H18N2O2S/c1-10-9-11-5-2-3-6-12(11)14(10)17(15,16)8-4-7-13/h2-3,5-6,10H,4,7-9,13H2,1H3. The first-order valence-corrected chi connectivity index (χ1v) is 7.47. The van der Waals surface area contributed by atoms with Gasteiger partial charge in [-0.2, -0.15) is 0 Å². The molecule has 0 saturated carbocycles. The van der Waals surface area contributed by atoms with Crippen LogP contribution in [0.5, 0.6) is 0 Å². The number of hydrogen-bond acceptors (Lipinski definition) is 3. The zero-order chi connectivity index (χ0) is 12.5. The van der Waals surface area contributed by atoms with Crippen molar-refractivity contribution in [3.63, 3.8) is 0 Å². The highest BCUT2D eigenvalue weighted by Gasteiger charge is 2.33. The van der Waals surface area contributed by atoms with E-state index >= 15 is 0 Å². The van der Waals surface area contributed by atoms with E-state index in [4.69, 9.17) is 5.73 Å². The lowest BCUT2D eigenvalue weighted by Crippen LogP contribution is -2.37. The quantitative estimate of drug-likeness (QED) is 0.875. The molecule has 1 aromatic rings. The predicted octanol–water partition coefficient (Wildman–Crippen LogP) is 1.12. The Bertz CT molecular complexity index is 499. The molecule has 0 aromatic heterocycles. The molecule has 1 aromatic carbocycles. The third-order valence-corrected chi connectivity index (χ3v) is 5.01. The largest absolute Gasteiger partial charge is 0.330 e. The maximum atomic E-state index is 12.2. The van der Waals surface area contributed by atoms with Crippen LogP contribution in [0.3, 0.4) is 0 Å². The predicted molar refractivity (Wildman–Crippen MR) is 69.5 cm³/mol. The third-order valence-electron chi connectivity index (χ3n) is 3.05. The Labute approximate surface area is 102 Å². The number of rotatable bonds is 4. The van der Waals surface area contributed by atoms with Crippen LogP contribution in [-0.4, -0.2) is 26.8 Å². The molecule has 0 aliphatic carbocycles. The summed E-state index contributed by atoms with van der Waals surface area (Å²) in [4.78, 5) is 0. The molecule has 0 fully saturated rings. The number of sulfonamides is 1. The SMILES string of the molecule is CC1Cc2ccccc2N1S(=O)(=O)CCCN. The Kier molecular flexibility index (Phi) is 3.40. The van der Waals surface area contributed by atoms with Crippen LogP contribution < -0.4 is 10.0 Å². The fourth-order valence-corrected chi connectivity index (χ4v) is 4.15. The molecular weight excluding hydrogens is 236 g/mol. The molecular formula is C12H18N2O2S. The van der Waals surface area contributed by atoms with E-state index in [1.165, 1.54) is 0 Å². The summed E-state index contributed by atoms with van der Waals surface area (Å²) in [7, 11) is -3.23. The number of fused-ring (bicyclic) bond motifs is 1. The van der Waals surface area contributed by atoms with Gasteiger partial charge in [0.05, 0.1) is 11.4 Å². The van der Waals surface area contributed by atoms with Gasteiger partial charge in [0.1, 0.15) is 0 Å². The van der Waals surface area contributed by atoms with Crippen molar-refractivity contribution >= 4 is 15.7 Å². The van der Waals surface area contributed by atoms with Gasteiger partial charge < -0.3 is 5.73 Å². The van der Waals surface area contributed by atoms with Crippen molar-refractivity contribution in [2.75, 3.05) is 16.6 Å². The van der Waals surface area contributed by atoms with Gasteiger partial charge in [0.2, 0.25) is 10.0 Å². The molecule has 1 unspecified atom stereocenters. The summed E-state index contributed by atoms with van der Waals surface area (Å²) < 4.78 is 26.0. The molecule has 0 spiro atoms. The normalized spacial score (nSPS) is 19.4. The van der Waals surface area contributed by atoms with Crippen molar-refractivity contribution in [2.24, 2.45) is 5.73 Å². The molecule has 1 atom stereocenters. The van der Waals surface area contributed by atoms with E-state index in [1.54, 1.807) is 4.31 Å². The second-order valence-corrected chi connectivity index (χ2v) is 6.40. The van der Waals surface area contributed by atoms with Crippen LogP contribution in [0.2, 0.25) is 0 Å². The van der Waals surface area contributed by atoms with Crippen molar-refractivity contribution in [3.05, 3.63) is 29.8 Å². The van der Waals surface area contributed by atoms with E-state index in [-0.39, 0.29) is 11.8 Å². The van der Waals surface area contributed by atoms with Gasteiger partial charge in [-0.15, -0.1) is 0 Å². The highest BCUT2D eigenvalue weighted by molar-refractivity contribution is 7.92. The molecule has 0 amide bonds. The topological polar surface area (TPSA) is 63.4 Å². The van der Waals surface area contributed by atoms with E-state index in [0.717, 1.165) is 17.7 Å². The molecule has 0 saturated heterocycles. The van der Waals surface area contributed by atoms with E-state index in [2.05, 4.69) is 0 Å². The van der Waals surface area contributed by atoms with Crippen LogP contribution in [-0.2, 0) is 16.4 Å². The molecule has 0 radical (unpaired) electrons. The number of benzene rings is 1. The molecule has 2 rings (SSSR count). The molecule has 1 heterocycles. The Morgan fingerprint density at radius 2 is 2.12 bits per heavy atom. The molecule has 5 heteroatoms. The molecule has 4 nitrogen and oxygen atoms in total. The number of anilines is 1. The second-order valence-electron chi connectivity index (χ2n) is 4.44. The minimum Gasteiger partial charge on any atom is -0.330 e. The highest BCUT2D eigenvalue weighted by atomic mass is 32.2. The van der Waals surface area contributed by atoms with Gasteiger partial charge in [0.15, 0.2) is 0 Å². The minimum absolute atomic E-state index is 0.00942. The summed E-state index contributed by atoms with van der Waals surface area (Å²) in [5.41, 5.74) is 7.32. The van der Waals surface area contributed by atoms with E-state index in [1.807, 2.05) is 31.2 Å². The lowest BCUT2D eigenvalue weighted by atomic mass is 10.1. The first kappa shape index (κ1) is 12.4. The molecule has 0 bridgehead atoms. The van der Waals surface area contributed by atoms with Crippen LogP contribution in [0.1, 0.15) is 18.9 Å². The molecule has 94 valence electrons. The van der Waals surface area contributed by atoms with Gasteiger partial charge in [0.25, 0.3) is 0 Å². The maximum Gasteiger partial charge on any atom is 0.235 e. The fraction of sp³-hybridized carbons (Fsp3) is 0.500. The van der Waals surface area contributed by atoms with Crippen LogP contribution in [0.4, 0.5) is 5.69 Å². The van der Waals surface area contributed by atoms with Crippen LogP contribution in [0, 0.1) is 0 Å². The number of nitrogens with zero attached hydrogens (tertiary/aromatic N) is 1. The van der Waals surface area contributed by atoms with Crippen molar-refractivity contribution in [3.8, 4) is 0 Å². The summed E-state index contributed by atoms with van der Waals surface area (Å²) in [5, 5.41) is 0. The molecule has 2 N–H and O–H groups in total. The van der Waals surface area contributed by atoms with Gasteiger partial charge in [-0.25, -0.2) is 8.42 Å². The lowest BCUT2D eigenvalue weighted by Gasteiger charge is -2.24. The summed E-state index contributed by atoms with van der Waals surface area (Å²) in [5.74, 6) is 0.127. The first-order valence-electron chi connectivity index (χ1n) is 5.86. The zero-order valence-corrected chi connectivity index (χ0v) is 10.8. The molecule has 1 aliphatic rings. The molecule has 17 heavy (non-hydrogen) atoms. The van der Waals surface area contributed by atoms with Gasteiger partial charge in [-0.05, 0) is 37.9 Å². The fourth-order valence-electron chi connectivity index (χ4n) is 2.33.